The number of pyridine rings is 1. The van der Waals surface area contributed by atoms with Gasteiger partial charge in [0.05, 0.1) is 22.8 Å². The molecule has 33 heavy (non-hydrogen) atoms. The fraction of sp³-hybridized carbons (Fsp3) is 0.154. The number of nitrogens with two attached hydrogens (primary N) is 2. The Morgan fingerprint density at radius 1 is 1.09 bits per heavy atom. The number of carbonyl (C=O) groups is 1. The summed E-state index contributed by atoms with van der Waals surface area (Å²) >= 11 is 0. The van der Waals surface area contributed by atoms with Crippen molar-refractivity contribution in [1.82, 2.24) is 4.98 Å². The van der Waals surface area contributed by atoms with E-state index in [-0.39, 0.29) is 6.03 Å². The topological polar surface area (TPSA) is 119 Å². The molecule has 4 aromatic rings. The number of aryl methyl sites for hydroxylation is 1. The van der Waals surface area contributed by atoms with Crippen molar-refractivity contribution < 1.29 is 9.21 Å². The second-order valence-electron chi connectivity index (χ2n) is 8.41. The van der Waals surface area contributed by atoms with E-state index in [4.69, 9.17) is 15.9 Å². The number of hydrogen-bond acceptors (Lipinski definition) is 5. The first kappa shape index (κ1) is 21.9. The highest BCUT2D eigenvalue weighted by Gasteiger charge is 2.16. The van der Waals surface area contributed by atoms with Gasteiger partial charge in [-0.05, 0) is 56.2 Å². The van der Waals surface area contributed by atoms with Crippen LogP contribution in [0.2, 0.25) is 0 Å². The molecule has 2 aromatic heterocycles. The maximum absolute atomic E-state index is 12.3. The third-order valence-electron chi connectivity index (χ3n) is 4.87. The highest BCUT2D eigenvalue weighted by molar-refractivity contribution is 6.03. The smallest absolute Gasteiger partial charge is 0.323 e. The van der Waals surface area contributed by atoms with Crippen LogP contribution in [0.25, 0.3) is 22.1 Å². The van der Waals surface area contributed by atoms with Gasteiger partial charge in [-0.1, -0.05) is 36.1 Å². The van der Waals surface area contributed by atoms with E-state index in [0.717, 1.165) is 22.4 Å². The average molecular weight is 440 g/mol. The van der Waals surface area contributed by atoms with Crippen molar-refractivity contribution in [3.05, 3.63) is 72.1 Å². The molecule has 7 heteroatoms. The second kappa shape index (κ2) is 8.69. The van der Waals surface area contributed by atoms with Gasteiger partial charge >= 0.3 is 6.03 Å². The van der Waals surface area contributed by atoms with Gasteiger partial charge in [-0.3, -0.25) is 0 Å². The van der Waals surface area contributed by atoms with Gasteiger partial charge in [0.15, 0.2) is 5.58 Å². The predicted molar refractivity (Wildman–Crippen MR) is 133 cm³/mol. The van der Waals surface area contributed by atoms with Crippen LogP contribution in [0.4, 0.5) is 22.0 Å². The van der Waals surface area contributed by atoms with E-state index in [1.54, 1.807) is 12.5 Å². The number of nitrogen functional groups attached to an aromatic ring is 1. The van der Waals surface area contributed by atoms with E-state index in [0.29, 0.717) is 28.0 Å². The monoisotopic (exact) mass is 439 g/mol. The summed E-state index contributed by atoms with van der Waals surface area (Å²) in [5.74, 6) is 6.37. The summed E-state index contributed by atoms with van der Waals surface area (Å²) < 4.78 is 5.81. The number of carbonyl (C=O) groups excluding carboxylic acids is 1. The van der Waals surface area contributed by atoms with Crippen LogP contribution in [0, 0.1) is 18.8 Å². The van der Waals surface area contributed by atoms with E-state index >= 15 is 0 Å². The number of rotatable bonds is 3. The lowest BCUT2D eigenvalue weighted by molar-refractivity contribution is 0.262. The largest absolute Gasteiger partial charge is 0.462 e. The van der Waals surface area contributed by atoms with Gasteiger partial charge in [-0.15, -0.1) is 0 Å². The average Bonchev–Trinajstić information content (AvgIpc) is 3.19. The number of nitrogens with one attached hydrogen (secondary N) is 2. The van der Waals surface area contributed by atoms with Crippen LogP contribution in [0.1, 0.15) is 25.0 Å². The lowest BCUT2D eigenvalue weighted by Gasteiger charge is -2.09. The van der Waals surface area contributed by atoms with Crippen LogP contribution in [-0.2, 0) is 0 Å². The molecule has 2 aromatic carbocycles. The lowest BCUT2D eigenvalue weighted by Crippen LogP contribution is -2.29. The van der Waals surface area contributed by atoms with Gasteiger partial charge in [0.2, 0.25) is 0 Å². The zero-order valence-corrected chi connectivity index (χ0v) is 18.7. The van der Waals surface area contributed by atoms with Gasteiger partial charge in [0.1, 0.15) is 5.82 Å². The zero-order chi connectivity index (χ0) is 23.6. The third-order valence-corrected chi connectivity index (χ3v) is 4.87. The molecular formula is C26H25N5O2. The normalized spacial score (nSPS) is 11.0. The van der Waals surface area contributed by atoms with E-state index in [1.165, 1.54) is 0 Å². The molecule has 0 atom stereocenters. The molecular weight excluding hydrogens is 414 g/mol. The molecule has 0 unspecified atom stereocenters. The molecule has 2 heterocycles. The van der Waals surface area contributed by atoms with Crippen molar-refractivity contribution >= 4 is 34.2 Å². The Labute approximate surface area is 192 Å². The summed E-state index contributed by atoms with van der Waals surface area (Å²) in [6.07, 6.45) is 3.22. The molecule has 6 N–H and O–H groups in total. The van der Waals surface area contributed by atoms with Gasteiger partial charge in [0.25, 0.3) is 0 Å². The summed E-state index contributed by atoms with van der Waals surface area (Å²) in [6.45, 7) is 5.62. The lowest BCUT2D eigenvalue weighted by atomic mass is 10.0. The van der Waals surface area contributed by atoms with Crippen LogP contribution in [0.5, 0.6) is 0 Å². The van der Waals surface area contributed by atoms with Crippen molar-refractivity contribution in [2.24, 2.45) is 5.73 Å². The summed E-state index contributed by atoms with van der Waals surface area (Å²) in [4.78, 5) is 16.6. The van der Waals surface area contributed by atoms with Crippen molar-refractivity contribution in [2.75, 3.05) is 16.4 Å². The van der Waals surface area contributed by atoms with Crippen LogP contribution in [0.15, 0.2) is 65.4 Å². The number of hydrogen-bond donors (Lipinski definition) is 4. The highest BCUT2D eigenvalue weighted by atomic mass is 16.3. The van der Waals surface area contributed by atoms with Crippen LogP contribution in [-0.4, -0.2) is 16.6 Å². The number of nitrogens with zero attached hydrogens (tertiary/aromatic N) is 1. The number of anilines is 3. The van der Waals surface area contributed by atoms with E-state index in [1.807, 2.05) is 69.3 Å². The van der Waals surface area contributed by atoms with Gasteiger partial charge in [-0.25, -0.2) is 9.78 Å². The standard InChI is InChI=1S/C26H25N5O2/c1-16-5-4-6-20(13-16)31-25(32)30-19-9-7-17(8-10-19)21-15-33-23-18(11-12-26(2,3)28)14-29-24(27)22(21)23/h4-10,13-15H,28H2,1-3H3,(H2,27,29)(H2,30,31,32). The van der Waals surface area contributed by atoms with Gasteiger partial charge in [0, 0.05) is 23.1 Å². The first-order valence-electron chi connectivity index (χ1n) is 10.4. The molecule has 0 spiro atoms. The molecule has 0 saturated heterocycles. The Balaban J connectivity index is 1.57. The minimum atomic E-state index is -0.641. The molecule has 0 fully saturated rings. The second-order valence-corrected chi connectivity index (χ2v) is 8.41. The molecule has 0 aliphatic carbocycles. The Morgan fingerprint density at radius 2 is 1.82 bits per heavy atom. The Bertz CT molecular complexity index is 1390. The van der Waals surface area contributed by atoms with Crippen molar-refractivity contribution in [3.8, 4) is 23.0 Å². The molecule has 0 aliphatic heterocycles. The summed E-state index contributed by atoms with van der Waals surface area (Å²) in [5.41, 5.74) is 16.8. The number of furan rings is 1. The maximum atomic E-state index is 12.3. The van der Waals surface area contributed by atoms with Crippen molar-refractivity contribution in [1.29, 1.82) is 0 Å². The Hall–Kier alpha value is -4.28. The van der Waals surface area contributed by atoms with Crippen LogP contribution < -0.4 is 22.1 Å². The minimum Gasteiger partial charge on any atom is -0.462 e. The minimum absolute atomic E-state index is 0.318. The first-order chi connectivity index (χ1) is 15.7. The number of urea groups is 1. The third kappa shape index (κ3) is 5.14. The van der Waals surface area contributed by atoms with Crippen LogP contribution >= 0.6 is 0 Å². The number of benzene rings is 2. The number of amides is 2. The molecule has 166 valence electrons. The molecule has 0 aliphatic rings. The van der Waals surface area contributed by atoms with E-state index in [2.05, 4.69) is 27.5 Å². The molecule has 4 rings (SSSR count). The predicted octanol–water partition coefficient (Wildman–Crippen LogP) is 5.12. The maximum Gasteiger partial charge on any atom is 0.323 e. The molecule has 0 bridgehead atoms. The summed E-state index contributed by atoms with van der Waals surface area (Å²) in [6, 6.07) is 14.7. The molecule has 2 amide bonds. The number of fused-ring (bicyclic) bond motifs is 1. The summed E-state index contributed by atoms with van der Waals surface area (Å²) in [5, 5.41) is 6.34. The van der Waals surface area contributed by atoms with Crippen molar-refractivity contribution in [3.63, 3.8) is 0 Å². The SMILES string of the molecule is Cc1cccc(NC(=O)Nc2ccc(-c3coc4c(C#CC(C)(C)N)cnc(N)c34)cc2)c1. The Morgan fingerprint density at radius 3 is 2.52 bits per heavy atom. The zero-order valence-electron chi connectivity index (χ0n) is 18.7. The quantitative estimate of drug-likeness (QED) is 0.330. The fourth-order valence-corrected chi connectivity index (χ4v) is 3.35. The fourth-order valence-electron chi connectivity index (χ4n) is 3.35. The van der Waals surface area contributed by atoms with Gasteiger partial charge < -0.3 is 26.5 Å². The van der Waals surface area contributed by atoms with E-state index in [9.17, 15) is 4.79 Å². The molecule has 7 nitrogen and oxygen atoms in total. The number of aromatic nitrogens is 1. The molecule has 0 saturated carbocycles. The Kier molecular flexibility index (Phi) is 5.78. The van der Waals surface area contributed by atoms with Gasteiger partial charge in [-0.2, -0.15) is 0 Å². The summed E-state index contributed by atoms with van der Waals surface area (Å²) in [7, 11) is 0. The molecule has 0 radical (unpaired) electrons. The van der Waals surface area contributed by atoms with Crippen molar-refractivity contribution in [2.45, 2.75) is 26.3 Å². The first-order valence-corrected chi connectivity index (χ1v) is 10.4. The van der Waals surface area contributed by atoms with Crippen LogP contribution in [0.3, 0.4) is 0 Å². The highest BCUT2D eigenvalue weighted by Crippen LogP contribution is 2.35. The van der Waals surface area contributed by atoms with E-state index < -0.39 is 5.54 Å².